The molecule has 0 aliphatic heterocycles. The summed E-state index contributed by atoms with van der Waals surface area (Å²) in [5, 5.41) is 8.33. The zero-order chi connectivity index (χ0) is 22.1. The fourth-order valence-corrected chi connectivity index (χ4v) is 3.03. The molecule has 0 saturated heterocycles. The number of hydrazone groups is 1. The number of halogens is 1. The van der Waals surface area contributed by atoms with E-state index in [1.165, 1.54) is 10.9 Å². The molecular formula is C23H25ClN4O3. The number of ether oxygens (including phenoxy) is 2. The van der Waals surface area contributed by atoms with Gasteiger partial charge in [-0.2, -0.15) is 14.9 Å². The normalized spacial score (nSPS) is 10.9. The average Bonchev–Trinajstić information content (AvgIpc) is 2.80. The molecule has 31 heavy (non-hydrogen) atoms. The predicted molar refractivity (Wildman–Crippen MR) is 124 cm³/mol. The van der Waals surface area contributed by atoms with Gasteiger partial charge < -0.3 is 9.47 Å². The number of hydrogen-bond donors (Lipinski definition) is 1. The summed E-state index contributed by atoms with van der Waals surface area (Å²) >= 11 is 6.22. The molecule has 162 valence electrons. The average molecular weight is 441 g/mol. The van der Waals surface area contributed by atoms with E-state index in [-0.39, 0.29) is 5.02 Å². The number of nitrogens with zero attached hydrogens (tertiary/aromatic N) is 3. The number of anilines is 1. The molecule has 0 aliphatic rings. The van der Waals surface area contributed by atoms with Crippen molar-refractivity contribution in [3.8, 4) is 17.2 Å². The van der Waals surface area contributed by atoms with Crippen molar-refractivity contribution in [3.05, 3.63) is 75.7 Å². The first kappa shape index (κ1) is 22.4. The van der Waals surface area contributed by atoms with Crippen molar-refractivity contribution in [2.45, 2.75) is 26.2 Å². The first-order chi connectivity index (χ1) is 15.1. The molecule has 0 radical (unpaired) electrons. The van der Waals surface area contributed by atoms with Crippen molar-refractivity contribution in [2.24, 2.45) is 5.10 Å². The molecule has 3 aromatic rings. The van der Waals surface area contributed by atoms with Crippen LogP contribution in [-0.2, 0) is 0 Å². The molecule has 0 bridgehead atoms. The lowest BCUT2D eigenvalue weighted by Crippen LogP contribution is -2.22. The molecule has 0 atom stereocenters. The zero-order valence-corrected chi connectivity index (χ0v) is 18.3. The Balaban J connectivity index is 1.69. The van der Waals surface area contributed by atoms with Crippen LogP contribution >= 0.6 is 11.6 Å². The maximum absolute atomic E-state index is 12.5. The molecule has 0 spiro atoms. The number of para-hydroxylation sites is 1. The van der Waals surface area contributed by atoms with Crippen molar-refractivity contribution >= 4 is 23.5 Å². The van der Waals surface area contributed by atoms with Crippen LogP contribution in [-0.4, -0.2) is 29.7 Å². The highest BCUT2D eigenvalue weighted by Gasteiger charge is 2.10. The lowest BCUT2D eigenvalue weighted by atomic mass is 10.2. The van der Waals surface area contributed by atoms with Crippen LogP contribution in [0.5, 0.6) is 11.5 Å². The summed E-state index contributed by atoms with van der Waals surface area (Å²) < 4.78 is 12.4. The molecule has 8 heteroatoms. The summed E-state index contributed by atoms with van der Waals surface area (Å²) in [5.74, 6) is 1.33. The van der Waals surface area contributed by atoms with Gasteiger partial charge in [-0.25, -0.2) is 0 Å². The molecule has 2 aromatic carbocycles. The van der Waals surface area contributed by atoms with E-state index in [1.54, 1.807) is 25.5 Å². The number of nitrogens with one attached hydrogen (secondary N) is 1. The van der Waals surface area contributed by atoms with Gasteiger partial charge in [0.15, 0.2) is 11.5 Å². The van der Waals surface area contributed by atoms with Crippen molar-refractivity contribution in [1.29, 1.82) is 0 Å². The summed E-state index contributed by atoms with van der Waals surface area (Å²) in [5.41, 5.74) is 4.09. The van der Waals surface area contributed by atoms with E-state index in [1.807, 2.05) is 36.4 Å². The summed E-state index contributed by atoms with van der Waals surface area (Å²) in [7, 11) is 1.60. The fourth-order valence-electron chi connectivity index (χ4n) is 2.86. The van der Waals surface area contributed by atoms with Gasteiger partial charge >= 0.3 is 0 Å². The van der Waals surface area contributed by atoms with Gasteiger partial charge in [0, 0.05) is 0 Å². The van der Waals surface area contributed by atoms with E-state index in [0.717, 1.165) is 24.8 Å². The predicted octanol–water partition coefficient (Wildman–Crippen LogP) is 4.91. The molecule has 0 amide bonds. The number of benzene rings is 2. The number of hydrogen-bond acceptors (Lipinski definition) is 6. The smallest absolute Gasteiger partial charge is 0.292 e. The maximum Gasteiger partial charge on any atom is 0.292 e. The minimum Gasteiger partial charge on any atom is -0.493 e. The quantitative estimate of drug-likeness (QED) is 0.275. The third-order valence-corrected chi connectivity index (χ3v) is 4.88. The number of aromatic nitrogens is 2. The van der Waals surface area contributed by atoms with Gasteiger partial charge in [-0.05, 0) is 42.3 Å². The van der Waals surface area contributed by atoms with Crippen LogP contribution in [0.1, 0.15) is 31.7 Å². The van der Waals surface area contributed by atoms with Crippen LogP contribution < -0.4 is 20.5 Å². The first-order valence-corrected chi connectivity index (χ1v) is 10.4. The zero-order valence-electron chi connectivity index (χ0n) is 17.5. The van der Waals surface area contributed by atoms with Crippen LogP contribution in [0.2, 0.25) is 5.02 Å². The third-order valence-electron chi connectivity index (χ3n) is 4.51. The minimum atomic E-state index is -0.431. The van der Waals surface area contributed by atoms with Crippen molar-refractivity contribution in [1.82, 2.24) is 9.78 Å². The third kappa shape index (κ3) is 5.86. The lowest BCUT2D eigenvalue weighted by Gasteiger charge is -2.11. The van der Waals surface area contributed by atoms with Gasteiger partial charge in [-0.3, -0.25) is 10.2 Å². The Labute approximate surface area is 186 Å². The van der Waals surface area contributed by atoms with E-state index in [0.29, 0.717) is 29.5 Å². The molecule has 1 aromatic heterocycles. The van der Waals surface area contributed by atoms with Crippen LogP contribution in [0.25, 0.3) is 5.69 Å². The van der Waals surface area contributed by atoms with Crippen molar-refractivity contribution in [2.75, 3.05) is 19.1 Å². The van der Waals surface area contributed by atoms with Crippen molar-refractivity contribution in [3.63, 3.8) is 0 Å². The van der Waals surface area contributed by atoms with Gasteiger partial charge in [-0.15, -0.1) is 0 Å². The van der Waals surface area contributed by atoms with Crippen LogP contribution in [0.3, 0.4) is 0 Å². The monoisotopic (exact) mass is 440 g/mol. The number of methoxy groups -OCH3 is 1. The molecule has 3 rings (SSSR count). The highest BCUT2D eigenvalue weighted by atomic mass is 35.5. The highest BCUT2D eigenvalue weighted by molar-refractivity contribution is 6.32. The van der Waals surface area contributed by atoms with Crippen molar-refractivity contribution < 1.29 is 9.47 Å². The fraction of sp³-hybridized carbons (Fsp3) is 0.261. The van der Waals surface area contributed by atoms with E-state index in [9.17, 15) is 4.79 Å². The lowest BCUT2D eigenvalue weighted by molar-refractivity contribution is 0.286. The second kappa shape index (κ2) is 11.2. The Morgan fingerprint density at radius 1 is 1.16 bits per heavy atom. The second-order valence-electron chi connectivity index (χ2n) is 6.76. The molecule has 1 N–H and O–H groups in total. The topological polar surface area (TPSA) is 77.7 Å². The number of rotatable bonds is 10. The molecule has 1 heterocycles. The Kier molecular flexibility index (Phi) is 8.06. The van der Waals surface area contributed by atoms with Gasteiger partial charge in [0.25, 0.3) is 5.56 Å². The Morgan fingerprint density at radius 3 is 2.71 bits per heavy atom. The molecule has 0 fully saturated rings. The Hall–Kier alpha value is -3.32. The molecule has 0 saturated carbocycles. The van der Waals surface area contributed by atoms with Gasteiger partial charge in [-0.1, -0.05) is 49.6 Å². The summed E-state index contributed by atoms with van der Waals surface area (Å²) in [6.07, 6.45) is 6.34. The molecular weight excluding hydrogens is 416 g/mol. The molecule has 0 unspecified atom stereocenters. The maximum atomic E-state index is 12.5. The van der Waals surface area contributed by atoms with E-state index in [2.05, 4.69) is 22.5 Å². The highest BCUT2D eigenvalue weighted by Crippen LogP contribution is 2.28. The summed E-state index contributed by atoms with van der Waals surface area (Å²) in [4.78, 5) is 12.5. The SMILES string of the molecule is CCCCCOc1ccc(/C=N/Nc2cnn(-c3ccccc3)c(=O)c2Cl)cc1OC. The minimum absolute atomic E-state index is 0.00408. The number of unbranched alkanes of at least 4 members (excludes halogenated alkanes) is 2. The standard InChI is InChI=1S/C23H25ClN4O3/c1-3-4-8-13-31-20-12-11-17(14-21(20)30-2)15-25-27-19-16-26-28(23(29)22(19)24)18-9-6-5-7-10-18/h5-7,9-12,14-16,27H,3-4,8,13H2,1-2H3/b25-15+. The second-order valence-corrected chi connectivity index (χ2v) is 7.14. The van der Waals surface area contributed by atoms with Gasteiger partial charge in [0.05, 0.1) is 31.8 Å². The van der Waals surface area contributed by atoms with E-state index in [4.69, 9.17) is 21.1 Å². The summed E-state index contributed by atoms with van der Waals surface area (Å²) in [6.45, 7) is 2.81. The summed E-state index contributed by atoms with van der Waals surface area (Å²) in [6, 6.07) is 14.6. The van der Waals surface area contributed by atoms with E-state index >= 15 is 0 Å². The largest absolute Gasteiger partial charge is 0.493 e. The van der Waals surface area contributed by atoms with E-state index < -0.39 is 5.56 Å². The van der Waals surface area contributed by atoms with Crippen LogP contribution in [0.15, 0.2) is 64.6 Å². The Morgan fingerprint density at radius 2 is 1.97 bits per heavy atom. The first-order valence-electron chi connectivity index (χ1n) is 10.1. The molecule has 7 nitrogen and oxygen atoms in total. The molecule has 0 aliphatic carbocycles. The van der Waals surface area contributed by atoms with Gasteiger partial charge in [0.1, 0.15) is 10.7 Å². The van der Waals surface area contributed by atoms with Gasteiger partial charge in [0.2, 0.25) is 0 Å². The van der Waals surface area contributed by atoms with Crippen LogP contribution in [0.4, 0.5) is 5.69 Å². The Bertz CT molecular complexity index is 1080. The van der Waals surface area contributed by atoms with Crippen LogP contribution in [0, 0.1) is 0 Å².